The molecule has 0 saturated heterocycles. The number of likely N-dealkylation sites (N-methyl/N-ethyl adjacent to an activating group) is 2. The van der Waals surface area contributed by atoms with E-state index >= 15 is 0 Å². The number of amides is 1. The van der Waals surface area contributed by atoms with Crippen LogP contribution in [0.1, 0.15) is 10.4 Å². The molecule has 0 aliphatic rings. The zero-order valence-corrected chi connectivity index (χ0v) is 13.2. The summed E-state index contributed by atoms with van der Waals surface area (Å²) in [6.45, 7) is -0.315. The van der Waals surface area contributed by atoms with E-state index in [4.69, 9.17) is 0 Å². The Kier molecular flexibility index (Phi) is 5.45. The minimum absolute atomic E-state index is 0.0656. The maximum absolute atomic E-state index is 12.5. The van der Waals surface area contributed by atoms with Crippen LogP contribution in [0.3, 0.4) is 0 Å². The van der Waals surface area contributed by atoms with Crippen molar-refractivity contribution in [3.05, 3.63) is 29.8 Å². The predicted molar refractivity (Wildman–Crippen MR) is 76.3 cm³/mol. The molecule has 0 atom stereocenters. The van der Waals surface area contributed by atoms with Crippen molar-refractivity contribution in [1.82, 2.24) is 9.21 Å². The van der Waals surface area contributed by atoms with Gasteiger partial charge in [0, 0.05) is 21.1 Å². The number of methoxy groups -OCH3 is 1. The summed E-state index contributed by atoms with van der Waals surface area (Å²) in [5.74, 6) is -1.11. The van der Waals surface area contributed by atoms with E-state index in [1.165, 1.54) is 57.4 Å². The molecular formula is C13H18N2O5S. The van der Waals surface area contributed by atoms with Crippen LogP contribution in [0.15, 0.2) is 29.2 Å². The van der Waals surface area contributed by atoms with Gasteiger partial charge < -0.3 is 9.64 Å². The van der Waals surface area contributed by atoms with Gasteiger partial charge in [0.1, 0.15) is 0 Å². The van der Waals surface area contributed by atoms with Crippen molar-refractivity contribution in [2.24, 2.45) is 0 Å². The second kappa shape index (κ2) is 6.68. The Morgan fingerprint density at radius 3 is 2.24 bits per heavy atom. The van der Waals surface area contributed by atoms with Crippen LogP contribution in [0.25, 0.3) is 0 Å². The van der Waals surface area contributed by atoms with E-state index in [0.29, 0.717) is 0 Å². The molecule has 7 nitrogen and oxygen atoms in total. The highest BCUT2D eigenvalue weighted by atomic mass is 32.2. The molecule has 0 spiro atoms. The molecule has 1 aromatic carbocycles. The van der Waals surface area contributed by atoms with E-state index < -0.39 is 16.0 Å². The van der Waals surface area contributed by atoms with Gasteiger partial charge in [0.25, 0.3) is 0 Å². The van der Waals surface area contributed by atoms with E-state index in [1.807, 2.05) is 0 Å². The smallest absolute Gasteiger partial charge is 0.339 e. The normalized spacial score (nSPS) is 11.3. The fraction of sp³-hybridized carbons (Fsp3) is 0.385. The summed E-state index contributed by atoms with van der Waals surface area (Å²) >= 11 is 0. The Morgan fingerprint density at radius 1 is 1.14 bits per heavy atom. The lowest BCUT2D eigenvalue weighted by atomic mass is 10.2. The van der Waals surface area contributed by atoms with Crippen LogP contribution in [-0.2, 0) is 19.6 Å². The van der Waals surface area contributed by atoms with Gasteiger partial charge in [-0.15, -0.1) is 0 Å². The number of carbonyl (C=O) groups is 2. The third-order valence-electron chi connectivity index (χ3n) is 2.84. The SMILES string of the molecule is COC(=O)c1ccccc1S(=O)(=O)N(C)CC(=O)N(C)C. The third kappa shape index (κ3) is 3.79. The summed E-state index contributed by atoms with van der Waals surface area (Å²) in [5.41, 5.74) is -0.0656. The van der Waals surface area contributed by atoms with Gasteiger partial charge in [-0.3, -0.25) is 4.79 Å². The Labute approximate surface area is 124 Å². The second-order valence-corrected chi connectivity index (χ2v) is 6.55. The molecule has 0 aliphatic heterocycles. The average molecular weight is 314 g/mol. The van der Waals surface area contributed by atoms with Crippen LogP contribution in [0.5, 0.6) is 0 Å². The van der Waals surface area contributed by atoms with Crippen molar-refractivity contribution in [3.8, 4) is 0 Å². The molecule has 0 unspecified atom stereocenters. The van der Waals surface area contributed by atoms with Crippen LogP contribution < -0.4 is 0 Å². The van der Waals surface area contributed by atoms with Crippen LogP contribution in [-0.4, -0.2) is 64.3 Å². The maximum Gasteiger partial charge on any atom is 0.339 e. The van der Waals surface area contributed by atoms with Crippen molar-refractivity contribution in [3.63, 3.8) is 0 Å². The van der Waals surface area contributed by atoms with Crippen molar-refractivity contribution >= 4 is 21.9 Å². The maximum atomic E-state index is 12.5. The molecule has 1 amide bonds. The van der Waals surface area contributed by atoms with E-state index in [1.54, 1.807) is 0 Å². The highest BCUT2D eigenvalue weighted by Crippen LogP contribution is 2.20. The molecule has 0 fully saturated rings. The molecule has 0 bridgehead atoms. The molecule has 0 aromatic heterocycles. The number of nitrogens with zero attached hydrogens (tertiary/aromatic N) is 2. The second-order valence-electron chi connectivity index (χ2n) is 4.54. The number of benzene rings is 1. The Morgan fingerprint density at radius 2 is 1.71 bits per heavy atom. The van der Waals surface area contributed by atoms with Crippen molar-refractivity contribution in [2.75, 3.05) is 34.8 Å². The fourth-order valence-corrected chi connectivity index (χ4v) is 2.85. The number of hydrogen-bond acceptors (Lipinski definition) is 5. The Bertz CT molecular complexity index is 640. The minimum atomic E-state index is -3.97. The molecule has 0 radical (unpaired) electrons. The lowest BCUT2D eigenvalue weighted by Gasteiger charge is -2.20. The number of esters is 1. The number of ether oxygens (including phenoxy) is 1. The predicted octanol–water partition coefficient (Wildman–Crippen LogP) is 0.182. The Hall–Kier alpha value is -1.93. The largest absolute Gasteiger partial charge is 0.465 e. The summed E-state index contributed by atoms with van der Waals surface area (Å²) in [5, 5.41) is 0. The summed E-state index contributed by atoms with van der Waals surface area (Å²) in [6, 6.07) is 5.70. The quantitative estimate of drug-likeness (QED) is 0.724. The monoisotopic (exact) mass is 314 g/mol. The molecule has 0 N–H and O–H groups in total. The number of carbonyl (C=O) groups excluding carboxylic acids is 2. The van der Waals surface area contributed by atoms with Crippen molar-refractivity contribution in [1.29, 1.82) is 0 Å². The number of hydrogen-bond donors (Lipinski definition) is 0. The average Bonchev–Trinajstić information content (AvgIpc) is 2.46. The molecular weight excluding hydrogens is 296 g/mol. The molecule has 21 heavy (non-hydrogen) atoms. The third-order valence-corrected chi connectivity index (χ3v) is 4.70. The molecule has 116 valence electrons. The summed E-state index contributed by atoms with van der Waals surface area (Å²) in [4.78, 5) is 24.4. The zero-order valence-electron chi connectivity index (χ0n) is 12.4. The summed E-state index contributed by atoms with van der Waals surface area (Å²) in [7, 11) is 1.55. The van der Waals surface area contributed by atoms with Gasteiger partial charge in [0.15, 0.2) is 0 Å². The first-order valence-electron chi connectivity index (χ1n) is 6.05. The van der Waals surface area contributed by atoms with Crippen LogP contribution >= 0.6 is 0 Å². The lowest BCUT2D eigenvalue weighted by Crippen LogP contribution is -2.38. The van der Waals surface area contributed by atoms with Gasteiger partial charge in [-0.2, -0.15) is 4.31 Å². The van der Waals surface area contributed by atoms with Gasteiger partial charge in [-0.25, -0.2) is 13.2 Å². The molecule has 0 saturated carbocycles. The van der Waals surface area contributed by atoms with Gasteiger partial charge in [-0.05, 0) is 12.1 Å². The summed E-state index contributed by atoms with van der Waals surface area (Å²) in [6.07, 6.45) is 0. The van der Waals surface area contributed by atoms with Gasteiger partial charge >= 0.3 is 5.97 Å². The molecule has 1 rings (SSSR count). The lowest BCUT2D eigenvalue weighted by molar-refractivity contribution is -0.128. The van der Waals surface area contributed by atoms with E-state index in [9.17, 15) is 18.0 Å². The van der Waals surface area contributed by atoms with Crippen LogP contribution in [0, 0.1) is 0 Å². The minimum Gasteiger partial charge on any atom is -0.465 e. The van der Waals surface area contributed by atoms with Crippen molar-refractivity contribution in [2.45, 2.75) is 4.90 Å². The van der Waals surface area contributed by atoms with Crippen LogP contribution in [0.2, 0.25) is 0 Å². The molecule has 0 heterocycles. The highest BCUT2D eigenvalue weighted by Gasteiger charge is 2.28. The zero-order chi connectivity index (χ0) is 16.2. The number of rotatable bonds is 5. The summed E-state index contributed by atoms with van der Waals surface area (Å²) < 4.78 is 30.4. The molecule has 0 aliphatic carbocycles. The van der Waals surface area contributed by atoms with E-state index in [2.05, 4.69) is 4.74 Å². The first kappa shape index (κ1) is 17.1. The highest BCUT2D eigenvalue weighted by molar-refractivity contribution is 7.89. The van der Waals surface area contributed by atoms with E-state index in [0.717, 1.165) is 4.31 Å². The van der Waals surface area contributed by atoms with E-state index in [-0.39, 0.29) is 22.9 Å². The molecule has 8 heteroatoms. The van der Waals surface area contributed by atoms with Gasteiger partial charge in [0.05, 0.1) is 24.1 Å². The van der Waals surface area contributed by atoms with Crippen LogP contribution in [0.4, 0.5) is 0 Å². The standard InChI is InChI=1S/C13H18N2O5S/c1-14(2)12(16)9-15(3)21(18,19)11-8-6-5-7-10(11)13(17)20-4/h5-8H,9H2,1-4H3. The van der Waals surface area contributed by atoms with Gasteiger partial charge in [0.2, 0.25) is 15.9 Å². The number of sulfonamides is 1. The first-order chi connectivity index (χ1) is 9.71. The van der Waals surface area contributed by atoms with Gasteiger partial charge in [-0.1, -0.05) is 12.1 Å². The molecule has 1 aromatic rings. The first-order valence-corrected chi connectivity index (χ1v) is 7.49. The van der Waals surface area contributed by atoms with Crippen molar-refractivity contribution < 1.29 is 22.7 Å². The Balaban J connectivity index is 3.20. The fourth-order valence-electron chi connectivity index (χ4n) is 1.55. The topological polar surface area (TPSA) is 84.0 Å².